The molecule has 0 saturated heterocycles. The SMILES string of the molecule is CCCCCCCCN(CCOc1ccc(CC(OCC)C(=O)O)cc1)C(=O)Nc1ccc(Br)cc1. The lowest BCUT2D eigenvalue weighted by Crippen LogP contribution is -2.38. The number of carbonyl (C=O) groups is 2. The van der Waals surface area contributed by atoms with Crippen LogP contribution in [0.3, 0.4) is 0 Å². The van der Waals surface area contributed by atoms with Gasteiger partial charge in [-0.1, -0.05) is 67.1 Å². The largest absolute Gasteiger partial charge is 0.492 e. The number of rotatable bonds is 17. The Morgan fingerprint density at radius 2 is 1.61 bits per heavy atom. The highest BCUT2D eigenvalue weighted by Gasteiger charge is 2.18. The number of carbonyl (C=O) groups excluding carboxylic acids is 1. The Morgan fingerprint density at radius 3 is 2.25 bits per heavy atom. The zero-order chi connectivity index (χ0) is 26.2. The van der Waals surface area contributed by atoms with E-state index in [0.717, 1.165) is 28.6 Å². The van der Waals surface area contributed by atoms with Crippen LogP contribution in [0.15, 0.2) is 53.0 Å². The van der Waals surface area contributed by atoms with Gasteiger partial charge >= 0.3 is 12.0 Å². The van der Waals surface area contributed by atoms with Crippen LogP contribution in [-0.2, 0) is 16.0 Å². The smallest absolute Gasteiger partial charge is 0.333 e. The molecule has 7 nitrogen and oxygen atoms in total. The summed E-state index contributed by atoms with van der Waals surface area (Å²) in [5.41, 5.74) is 1.61. The minimum Gasteiger partial charge on any atom is -0.492 e. The Morgan fingerprint density at radius 1 is 0.944 bits per heavy atom. The number of ether oxygens (including phenoxy) is 2. The fraction of sp³-hybridized carbons (Fsp3) is 0.500. The Balaban J connectivity index is 1.88. The second-order valence-corrected chi connectivity index (χ2v) is 9.59. The van der Waals surface area contributed by atoms with Crippen molar-refractivity contribution in [3.63, 3.8) is 0 Å². The third-order valence-corrected chi connectivity index (χ3v) is 6.31. The number of carboxylic acids is 1. The van der Waals surface area contributed by atoms with E-state index in [-0.39, 0.29) is 6.03 Å². The number of aliphatic carboxylic acids is 1. The fourth-order valence-electron chi connectivity index (χ4n) is 3.76. The quantitative estimate of drug-likeness (QED) is 0.208. The van der Waals surface area contributed by atoms with Crippen molar-refractivity contribution in [1.29, 1.82) is 0 Å². The van der Waals surface area contributed by atoms with E-state index in [1.54, 1.807) is 11.8 Å². The summed E-state index contributed by atoms with van der Waals surface area (Å²) >= 11 is 3.41. The number of anilines is 1. The van der Waals surface area contributed by atoms with Gasteiger partial charge in [-0.15, -0.1) is 0 Å². The molecule has 8 heteroatoms. The highest BCUT2D eigenvalue weighted by Crippen LogP contribution is 2.17. The van der Waals surface area contributed by atoms with E-state index >= 15 is 0 Å². The van der Waals surface area contributed by atoms with Gasteiger partial charge in [0.05, 0.1) is 6.54 Å². The van der Waals surface area contributed by atoms with Crippen molar-refractivity contribution in [2.75, 3.05) is 31.6 Å². The molecule has 1 unspecified atom stereocenters. The average molecular weight is 564 g/mol. The van der Waals surface area contributed by atoms with E-state index in [0.29, 0.717) is 38.5 Å². The second kappa shape index (κ2) is 17.0. The van der Waals surface area contributed by atoms with Gasteiger partial charge in [-0.05, 0) is 55.3 Å². The summed E-state index contributed by atoms with van der Waals surface area (Å²) < 4.78 is 12.1. The van der Waals surface area contributed by atoms with Crippen molar-refractivity contribution in [3.05, 3.63) is 58.6 Å². The maximum atomic E-state index is 12.9. The first-order valence-electron chi connectivity index (χ1n) is 12.8. The number of nitrogens with zero attached hydrogens (tertiary/aromatic N) is 1. The summed E-state index contributed by atoms with van der Waals surface area (Å²) in [6.45, 7) is 5.83. The number of amides is 2. The van der Waals surface area contributed by atoms with Crippen molar-refractivity contribution in [2.45, 2.75) is 64.9 Å². The molecule has 198 valence electrons. The molecule has 0 aliphatic carbocycles. The standard InChI is InChI=1S/C28H39BrN2O5/c1-3-5-6-7-8-9-18-31(28(34)30-24-14-12-23(29)13-15-24)19-20-36-25-16-10-22(11-17-25)21-26(27(32)33)35-4-2/h10-17,26H,3-9,18-21H2,1-2H3,(H,30,34)(H,32,33). The first-order valence-corrected chi connectivity index (χ1v) is 13.6. The lowest BCUT2D eigenvalue weighted by Gasteiger charge is -2.23. The summed E-state index contributed by atoms with van der Waals surface area (Å²) in [5, 5.41) is 12.2. The molecule has 1 atom stereocenters. The highest BCUT2D eigenvalue weighted by atomic mass is 79.9. The van der Waals surface area contributed by atoms with Gasteiger partial charge in [-0.25, -0.2) is 9.59 Å². The molecule has 0 aliphatic rings. The molecule has 0 bridgehead atoms. The predicted molar refractivity (Wildman–Crippen MR) is 147 cm³/mol. The number of unbranched alkanes of at least 4 members (excludes halogenated alkanes) is 5. The van der Waals surface area contributed by atoms with Crippen molar-refractivity contribution in [1.82, 2.24) is 4.90 Å². The van der Waals surface area contributed by atoms with Crippen molar-refractivity contribution in [3.8, 4) is 5.75 Å². The van der Waals surface area contributed by atoms with Crippen LogP contribution in [0.5, 0.6) is 5.75 Å². The Kier molecular flexibility index (Phi) is 14.0. The molecule has 2 rings (SSSR count). The summed E-state index contributed by atoms with van der Waals surface area (Å²) in [4.78, 5) is 26.1. The molecule has 0 aromatic heterocycles. The van der Waals surface area contributed by atoms with Gasteiger partial charge in [0.1, 0.15) is 12.4 Å². The first kappa shape index (κ1) is 29.6. The van der Waals surface area contributed by atoms with E-state index in [2.05, 4.69) is 28.2 Å². The lowest BCUT2D eigenvalue weighted by atomic mass is 10.1. The molecular weight excluding hydrogens is 524 g/mol. The van der Waals surface area contributed by atoms with E-state index in [1.807, 2.05) is 48.5 Å². The molecule has 0 heterocycles. The van der Waals surface area contributed by atoms with Gasteiger partial charge in [0.25, 0.3) is 0 Å². The van der Waals surface area contributed by atoms with Gasteiger partial charge in [-0.3, -0.25) is 0 Å². The van der Waals surface area contributed by atoms with Crippen molar-refractivity contribution >= 4 is 33.6 Å². The Bertz CT molecular complexity index is 905. The van der Waals surface area contributed by atoms with Crippen molar-refractivity contribution in [2.24, 2.45) is 0 Å². The van der Waals surface area contributed by atoms with E-state index < -0.39 is 12.1 Å². The van der Waals surface area contributed by atoms with Gasteiger partial charge < -0.3 is 24.8 Å². The summed E-state index contributed by atoms with van der Waals surface area (Å²) in [6.07, 6.45) is 6.38. The van der Waals surface area contributed by atoms with Crippen LogP contribution < -0.4 is 10.1 Å². The monoisotopic (exact) mass is 562 g/mol. The second-order valence-electron chi connectivity index (χ2n) is 8.67. The van der Waals surface area contributed by atoms with Crippen LogP contribution in [0, 0.1) is 0 Å². The van der Waals surface area contributed by atoms with Crippen LogP contribution in [0.2, 0.25) is 0 Å². The summed E-state index contributed by atoms with van der Waals surface area (Å²) in [6, 6.07) is 14.7. The predicted octanol–water partition coefficient (Wildman–Crippen LogP) is 6.75. The number of hydrogen-bond donors (Lipinski definition) is 2. The number of halogens is 1. The van der Waals surface area contributed by atoms with Crippen LogP contribution in [0.25, 0.3) is 0 Å². The van der Waals surface area contributed by atoms with Gasteiger partial charge in [0, 0.05) is 29.7 Å². The van der Waals surface area contributed by atoms with E-state index in [1.165, 1.54) is 25.7 Å². The zero-order valence-corrected chi connectivity index (χ0v) is 23.0. The van der Waals surface area contributed by atoms with Crippen LogP contribution >= 0.6 is 15.9 Å². The number of nitrogens with one attached hydrogen (secondary N) is 1. The van der Waals surface area contributed by atoms with Gasteiger partial charge in [0.15, 0.2) is 6.10 Å². The summed E-state index contributed by atoms with van der Waals surface area (Å²) in [7, 11) is 0. The maximum absolute atomic E-state index is 12.9. The third kappa shape index (κ3) is 11.4. The summed E-state index contributed by atoms with van der Waals surface area (Å²) in [5.74, 6) is -0.293. The topological polar surface area (TPSA) is 88.1 Å². The molecule has 2 N–H and O–H groups in total. The maximum Gasteiger partial charge on any atom is 0.333 e. The average Bonchev–Trinajstić information content (AvgIpc) is 2.87. The Hall–Kier alpha value is -2.58. The van der Waals surface area contributed by atoms with Gasteiger partial charge in [0.2, 0.25) is 0 Å². The molecule has 0 radical (unpaired) electrons. The molecule has 0 saturated carbocycles. The first-order chi connectivity index (χ1) is 17.4. The van der Waals surface area contributed by atoms with E-state index in [4.69, 9.17) is 9.47 Å². The fourth-order valence-corrected chi connectivity index (χ4v) is 4.03. The van der Waals surface area contributed by atoms with Crippen LogP contribution in [-0.4, -0.2) is 54.4 Å². The molecule has 2 amide bonds. The molecule has 0 spiro atoms. The molecule has 2 aromatic rings. The molecular formula is C28H39BrN2O5. The van der Waals surface area contributed by atoms with Gasteiger partial charge in [-0.2, -0.15) is 0 Å². The number of hydrogen-bond acceptors (Lipinski definition) is 4. The number of benzene rings is 2. The molecule has 0 fully saturated rings. The number of urea groups is 1. The van der Waals surface area contributed by atoms with Crippen LogP contribution in [0.4, 0.5) is 10.5 Å². The zero-order valence-electron chi connectivity index (χ0n) is 21.4. The normalized spacial score (nSPS) is 11.6. The van der Waals surface area contributed by atoms with Crippen molar-refractivity contribution < 1.29 is 24.2 Å². The highest BCUT2D eigenvalue weighted by molar-refractivity contribution is 9.10. The van der Waals surface area contributed by atoms with Crippen LogP contribution in [0.1, 0.15) is 57.9 Å². The number of carboxylic acid groups (broad SMARTS) is 1. The third-order valence-electron chi connectivity index (χ3n) is 5.78. The molecule has 0 aliphatic heterocycles. The minimum atomic E-state index is -0.968. The molecule has 36 heavy (non-hydrogen) atoms. The minimum absolute atomic E-state index is 0.138. The Labute approximate surface area is 223 Å². The van der Waals surface area contributed by atoms with E-state index in [9.17, 15) is 14.7 Å². The lowest BCUT2D eigenvalue weighted by molar-refractivity contribution is -0.149. The molecule has 2 aromatic carbocycles.